The molecule has 0 saturated carbocycles. The molecule has 0 bridgehead atoms. The van der Waals surface area contributed by atoms with Crippen LogP contribution in [0.5, 0.6) is 0 Å². The maximum Gasteiger partial charge on any atom is 0.259 e. The molecular formula is C20H31FN3O4P. The fourth-order valence-corrected chi connectivity index (χ4v) is 5.19. The molecule has 1 saturated heterocycles. The van der Waals surface area contributed by atoms with Crippen molar-refractivity contribution in [2.24, 2.45) is 0 Å². The maximum absolute atomic E-state index is 15.4. The Balaban J connectivity index is 2.26. The first kappa shape index (κ1) is 23.9. The topological polar surface area (TPSA) is 76.7 Å². The zero-order chi connectivity index (χ0) is 21.6. The second kappa shape index (κ2) is 11.1. The lowest BCUT2D eigenvalue weighted by molar-refractivity contribution is -0.0266. The second-order valence-corrected chi connectivity index (χ2v) is 8.89. The van der Waals surface area contributed by atoms with Gasteiger partial charge in [-0.3, -0.25) is 9.36 Å². The zero-order valence-corrected chi connectivity index (χ0v) is 18.6. The van der Waals surface area contributed by atoms with Crippen molar-refractivity contribution in [3.63, 3.8) is 0 Å². The molecule has 1 aliphatic heterocycles. The first-order valence-electron chi connectivity index (χ1n) is 10.0. The average Bonchev–Trinajstić information content (AvgIpc) is 2.97. The van der Waals surface area contributed by atoms with Gasteiger partial charge in [-0.2, -0.15) is 5.26 Å². The summed E-state index contributed by atoms with van der Waals surface area (Å²) in [6.07, 6.45) is -1.65. The van der Waals surface area contributed by atoms with E-state index in [4.69, 9.17) is 19.0 Å². The van der Waals surface area contributed by atoms with Gasteiger partial charge in [0.25, 0.3) is 14.1 Å². The number of nitrogens with zero attached hydrogens (tertiary/aromatic N) is 3. The van der Waals surface area contributed by atoms with E-state index in [-0.39, 0.29) is 30.7 Å². The van der Waals surface area contributed by atoms with Crippen molar-refractivity contribution in [1.29, 1.82) is 5.26 Å². The fraction of sp³-hybridized carbons (Fsp3) is 0.700. The molecule has 0 aromatic carbocycles. The molecule has 1 fully saturated rings. The number of hydrogen-bond acceptors (Lipinski definition) is 6. The van der Waals surface area contributed by atoms with Crippen LogP contribution in [0, 0.1) is 11.3 Å². The number of hydrogen-bond donors (Lipinski definition) is 0. The Morgan fingerprint density at radius 2 is 2.03 bits per heavy atom. The molecule has 162 valence electrons. The van der Waals surface area contributed by atoms with Gasteiger partial charge in [0.2, 0.25) is 0 Å². The van der Waals surface area contributed by atoms with Gasteiger partial charge in [-0.1, -0.05) is 13.0 Å². The summed E-state index contributed by atoms with van der Waals surface area (Å²) < 4.78 is 36.7. The predicted molar refractivity (Wildman–Crippen MR) is 110 cm³/mol. The minimum atomic E-state index is -1.61. The Bertz CT molecular complexity index is 731. The summed E-state index contributed by atoms with van der Waals surface area (Å²) in [5.41, 5.74) is -0.325. The monoisotopic (exact) mass is 427 g/mol. The molecule has 0 aliphatic carbocycles. The maximum atomic E-state index is 15.4. The van der Waals surface area contributed by atoms with Gasteiger partial charge in [0, 0.05) is 24.3 Å². The van der Waals surface area contributed by atoms with Crippen molar-refractivity contribution in [3.8, 4) is 6.07 Å². The second-order valence-electron chi connectivity index (χ2n) is 7.48. The van der Waals surface area contributed by atoms with E-state index < -0.39 is 33.1 Å². The lowest BCUT2D eigenvalue weighted by Crippen LogP contribution is -2.38. The highest BCUT2D eigenvalue weighted by Crippen LogP contribution is 2.50. The van der Waals surface area contributed by atoms with Crippen molar-refractivity contribution in [3.05, 3.63) is 34.7 Å². The highest BCUT2D eigenvalue weighted by atomic mass is 31.2. The van der Waals surface area contributed by atoms with Gasteiger partial charge in [-0.05, 0) is 40.2 Å². The summed E-state index contributed by atoms with van der Waals surface area (Å²) >= 11 is 0. The van der Waals surface area contributed by atoms with Crippen LogP contribution in [0.25, 0.3) is 0 Å². The van der Waals surface area contributed by atoms with Crippen LogP contribution in [-0.4, -0.2) is 46.3 Å². The Morgan fingerprint density at radius 1 is 1.34 bits per heavy atom. The lowest BCUT2D eigenvalue weighted by Gasteiger charge is -2.37. The standard InChI is InChI=1S/C20H31FN3O4P/c1-6-16-19(18(21)20(27-16)23-12-8-7-10-17(23)25)28-29(26-13-9-11-22)24(14(2)3)15(4)5/h7-8,10,12,14-16,18-20H,6,9,13H2,1-5H3/t16-,18-,19-,20-,29?/m1/s1. The van der Waals surface area contributed by atoms with Gasteiger partial charge in [0.1, 0.15) is 6.10 Å². The number of ether oxygens (including phenoxy) is 1. The smallest absolute Gasteiger partial charge is 0.259 e. The van der Waals surface area contributed by atoms with Gasteiger partial charge in [0.15, 0.2) is 12.4 Å². The van der Waals surface area contributed by atoms with Gasteiger partial charge in [-0.15, -0.1) is 0 Å². The highest BCUT2D eigenvalue weighted by Gasteiger charge is 2.48. The van der Waals surface area contributed by atoms with Crippen molar-refractivity contribution < 1.29 is 18.2 Å². The molecule has 0 N–H and O–H groups in total. The SMILES string of the molecule is CC[C@H]1O[C@@H](n2ccccc2=O)[C@H](F)[C@@H]1OP(OCCC#N)N(C(C)C)C(C)C. The number of rotatable bonds is 10. The van der Waals surface area contributed by atoms with Crippen LogP contribution in [0.2, 0.25) is 0 Å². The summed E-state index contributed by atoms with van der Waals surface area (Å²) in [5.74, 6) is 0. The van der Waals surface area contributed by atoms with Gasteiger partial charge >= 0.3 is 0 Å². The van der Waals surface area contributed by atoms with Crippen molar-refractivity contribution in [2.75, 3.05) is 6.61 Å². The molecule has 29 heavy (non-hydrogen) atoms. The number of aromatic nitrogens is 1. The summed E-state index contributed by atoms with van der Waals surface area (Å²) in [6, 6.07) is 6.92. The third-order valence-electron chi connectivity index (χ3n) is 4.67. The summed E-state index contributed by atoms with van der Waals surface area (Å²) in [7, 11) is -1.61. The highest BCUT2D eigenvalue weighted by molar-refractivity contribution is 7.44. The minimum absolute atomic E-state index is 0.108. The van der Waals surface area contributed by atoms with E-state index in [1.807, 2.05) is 39.3 Å². The van der Waals surface area contributed by atoms with Crippen LogP contribution >= 0.6 is 8.53 Å². The van der Waals surface area contributed by atoms with Crippen LogP contribution in [0.4, 0.5) is 4.39 Å². The van der Waals surface area contributed by atoms with Gasteiger partial charge in [0.05, 0.1) is 25.2 Å². The van der Waals surface area contributed by atoms with E-state index in [2.05, 4.69) is 6.07 Å². The molecule has 1 aromatic heterocycles. The number of alkyl halides is 1. The molecule has 0 spiro atoms. The summed E-state index contributed by atoms with van der Waals surface area (Å²) in [6.45, 7) is 10.2. The van der Waals surface area contributed by atoms with Crippen LogP contribution in [-0.2, 0) is 13.8 Å². The molecule has 0 radical (unpaired) electrons. The quantitative estimate of drug-likeness (QED) is 0.412. The largest absolute Gasteiger partial charge is 0.349 e. The van der Waals surface area contributed by atoms with Crippen LogP contribution in [0.1, 0.15) is 53.7 Å². The van der Waals surface area contributed by atoms with E-state index in [9.17, 15) is 4.79 Å². The molecule has 9 heteroatoms. The molecule has 1 aromatic rings. The first-order chi connectivity index (χ1) is 13.8. The Kier molecular flexibility index (Phi) is 9.19. The molecule has 5 atom stereocenters. The number of pyridine rings is 1. The minimum Gasteiger partial charge on any atom is -0.349 e. The molecule has 2 rings (SSSR count). The van der Waals surface area contributed by atoms with Crippen LogP contribution < -0.4 is 5.56 Å². The van der Waals surface area contributed by atoms with E-state index in [0.29, 0.717) is 6.42 Å². The first-order valence-corrected chi connectivity index (χ1v) is 11.2. The zero-order valence-electron chi connectivity index (χ0n) is 17.7. The summed E-state index contributed by atoms with van der Waals surface area (Å²) in [5, 5.41) is 8.84. The normalized spacial score (nSPS) is 25.7. The predicted octanol–water partition coefficient (Wildman–Crippen LogP) is 4.15. The van der Waals surface area contributed by atoms with E-state index in [1.54, 1.807) is 12.1 Å². The molecule has 7 nitrogen and oxygen atoms in total. The van der Waals surface area contributed by atoms with Crippen molar-refractivity contribution >= 4 is 8.53 Å². The van der Waals surface area contributed by atoms with Gasteiger partial charge in [-0.25, -0.2) is 9.06 Å². The Morgan fingerprint density at radius 3 is 2.59 bits per heavy atom. The van der Waals surface area contributed by atoms with Gasteiger partial charge < -0.3 is 13.8 Å². The van der Waals surface area contributed by atoms with Crippen molar-refractivity contribution in [2.45, 2.75) is 84.2 Å². The number of halogens is 1. The fourth-order valence-electron chi connectivity index (χ4n) is 3.42. The molecule has 2 heterocycles. The Hall–Kier alpha value is -1.36. The third-order valence-corrected chi connectivity index (χ3v) is 6.80. The average molecular weight is 427 g/mol. The van der Waals surface area contributed by atoms with Crippen molar-refractivity contribution in [1.82, 2.24) is 9.24 Å². The number of nitriles is 1. The molecule has 0 amide bonds. The molecular weight excluding hydrogens is 396 g/mol. The summed E-state index contributed by atoms with van der Waals surface area (Å²) in [4.78, 5) is 12.2. The molecule has 1 aliphatic rings. The van der Waals surface area contributed by atoms with E-state index in [1.165, 1.54) is 16.8 Å². The Labute approximate surface area is 173 Å². The van der Waals surface area contributed by atoms with E-state index >= 15 is 4.39 Å². The third kappa shape index (κ3) is 5.84. The van der Waals surface area contributed by atoms with Crippen LogP contribution in [0.3, 0.4) is 0 Å². The van der Waals surface area contributed by atoms with Crippen LogP contribution in [0.15, 0.2) is 29.2 Å². The van der Waals surface area contributed by atoms with E-state index in [0.717, 1.165) is 0 Å². The lowest BCUT2D eigenvalue weighted by atomic mass is 10.1. The molecule has 1 unspecified atom stereocenters.